The molecule has 6 heteroatoms. The zero-order valence-corrected chi connectivity index (χ0v) is 12.4. The predicted octanol–water partition coefficient (Wildman–Crippen LogP) is 2.26. The molecule has 1 aromatic carbocycles. The number of hydrogen-bond acceptors (Lipinski definition) is 4. The zero-order valence-electron chi connectivity index (χ0n) is 11.6. The van der Waals surface area contributed by atoms with Crippen molar-refractivity contribution in [1.82, 2.24) is 9.55 Å². The number of hydrogen-bond donors (Lipinski definition) is 0. The predicted molar refractivity (Wildman–Crippen MR) is 82.6 cm³/mol. The number of thioether (sulfide) groups is 1. The molecule has 0 saturated carbocycles. The minimum absolute atomic E-state index is 0.0332. The van der Waals surface area contributed by atoms with Crippen molar-refractivity contribution < 1.29 is 9.59 Å². The molecule has 1 saturated heterocycles. The van der Waals surface area contributed by atoms with Gasteiger partial charge in [0.25, 0.3) is 0 Å². The highest BCUT2D eigenvalue weighted by Crippen LogP contribution is 2.32. The van der Waals surface area contributed by atoms with E-state index in [9.17, 15) is 9.59 Å². The third kappa shape index (κ3) is 2.85. The number of nitrogens with zero attached hydrogens (tertiary/aromatic N) is 3. The SMILES string of the molecule is CC(=O)SC1CC(=O)N(c2ccccc2-n2ccnc2)C1. The van der Waals surface area contributed by atoms with Crippen LogP contribution in [0.1, 0.15) is 13.3 Å². The summed E-state index contributed by atoms with van der Waals surface area (Å²) in [5, 5.41) is 0.0865. The van der Waals surface area contributed by atoms with Crippen LogP contribution in [0.4, 0.5) is 5.69 Å². The lowest BCUT2D eigenvalue weighted by molar-refractivity contribution is -0.117. The fourth-order valence-corrected chi connectivity index (χ4v) is 3.45. The minimum Gasteiger partial charge on any atom is -0.309 e. The molecule has 1 atom stereocenters. The van der Waals surface area contributed by atoms with Crippen LogP contribution < -0.4 is 4.90 Å². The van der Waals surface area contributed by atoms with Gasteiger partial charge in [0.15, 0.2) is 5.12 Å². The van der Waals surface area contributed by atoms with Gasteiger partial charge in [-0.15, -0.1) is 0 Å². The van der Waals surface area contributed by atoms with Gasteiger partial charge in [-0.25, -0.2) is 4.98 Å². The smallest absolute Gasteiger partial charge is 0.228 e. The Kier molecular flexibility index (Phi) is 3.79. The molecule has 3 rings (SSSR count). The van der Waals surface area contributed by atoms with Crippen molar-refractivity contribution in [2.75, 3.05) is 11.4 Å². The number of benzene rings is 1. The van der Waals surface area contributed by atoms with Crippen LogP contribution in [0.2, 0.25) is 0 Å². The van der Waals surface area contributed by atoms with Crippen molar-refractivity contribution in [3.05, 3.63) is 43.0 Å². The molecular formula is C15H15N3O2S. The second kappa shape index (κ2) is 5.73. The summed E-state index contributed by atoms with van der Waals surface area (Å²) in [6.07, 6.45) is 5.67. The van der Waals surface area contributed by atoms with Gasteiger partial charge in [0.05, 0.1) is 17.7 Å². The van der Waals surface area contributed by atoms with E-state index in [1.165, 1.54) is 18.7 Å². The largest absolute Gasteiger partial charge is 0.309 e. The second-order valence-corrected chi connectivity index (χ2v) is 6.38. The molecular weight excluding hydrogens is 286 g/mol. The van der Waals surface area contributed by atoms with Crippen LogP contribution in [0.15, 0.2) is 43.0 Å². The van der Waals surface area contributed by atoms with Crippen molar-refractivity contribution in [2.24, 2.45) is 0 Å². The molecule has 21 heavy (non-hydrogen) atoms. The van der Waals surface area contributed by atoms with Crippen LogP contribution >= 0.6 is 11.8 Å². The average molecular weight is 301 g/mol. The molecule has 0 bridgehead atoms. The molecule has 2 aromatic rings. The number of imidazole rings is 1. The third-order valence-corrected chi connectivity index (χ3v) is 4.36. The van der Waals surface area contributed by atoms with Crippen LogP contribution in [-0.4, -0.2) is 32.4 Å². The van der Waals surface area contributed by atoms with Gasteiger partial charge in [-0.1, -0.05) is 23.9 Å². The summed E-state index contributed by atoms with van der Waals surface area (Å²) in [5.41, 5.74) is 1.77. The Bertz CT molecular complexity index is 669. The zero-order chi connectivity index (χ0) is 14.8. The van der Waals surface area contributed by atoms with E-state index < -0.39 is 0 Å². The van der Waals surface area contributed by atoms with E-state index in [0.29, 0.717) is 13.0 Å². The fourth-order valence-electron chi connectivity index (χ4n) is 2.53. The molecule has 1 aromatic heterocycles. The van der Waals surface area contributed by atoms with Gasteiger partial charge in [0.2, 0.25) is 5.91 Å². The maximum absolute atomic E-state index is 12.3. The van der Waals surface area contributed by atoms with Crippen LogP contribution in [0.5, 0.6) is 0 Å². The first kappa shape index (κ1) is 13.9. The highest BCUT2D eigenvalue weighted by atomic mass is 32.2. The van der Waals surface area contributed by atoms with Crippen molar-refractivity contribution in [1.29, 1.82) is 0 Å². The maximum Gasteiger partial charge on any atom is 0.228 e. The van der Waals surface area contributed by atoms with Gasteiger partial charge < -0.3 is 9.47 Å². The standard InChI is InChI=1S/C15H15N3O2S/c1-11(19)21-12-8-15(20)18(9-12)14-5-3-2-4-13(14)17-7-6-16-10-17/h2-7,10,12H,8-9H2,1H3. The van der Waals surface area contributed by atoms with E-state index in [1.54, 1.807) is 17.4 Å². The monoisotopic (exact) mass is 301 g/mol. The van der Waals surface area contributed by atoms with Crippen LogP contribution in [0.3, 0.4) is 0 Å². The van der Waals surface area contributed by atoms with Gasteiger partial charge in [-0.2, -0.15) is 0 Å². The van der Waals surface area contributed by atoms with Crippen molar-refractivity contribution in [2.45, 2.75) is 18.6 Å². The Morgan fingerprint density at radius 2 is 2.10 bits per heavy atom. The Morgan fingerprint density at radius 3 is 2.76 bits per heavy atom. The van der Waals surface area contributed by atoms with Crippen LogP contribution in [0, 0.1) is 0 Å². The topological polar surface area (TPSA) is 55.2 Å². The van der Waals surface area contributed by atoms with Gasteiger partial charge in [0, 0.05) is 37.5 Å². The molecule has 2 heterocycles. The minimum atomic E-state index is 0.0332. The maximum atomic E-state index is 12.3. The Morgan fingerprint density at radius 1 is 1.33 bits per heavy atom. The molecule has 0 aliphatic carbocycles. The van der Waals surface area contributed by atoms with E-state index >= 15 is 0 Å². The molecule has 0 N–H and O–H groups in total. The lowest BCUT2D eigenvalue weighted by Crippen LogP contribution is -2.26. The number of anilines is 1. The summed E-state index contributed by atoms with van der Waals surface area (Å²) in [6, 6.07) is 7.72. The number of carbonyl (C=O) groups excluding carboxylic acids is 2. The first-order chi connectivity index (χ1) is 10.1. The Labute approximate surface area is 127 Å². The lowest BCUT2D eigenvalue weighted by atomic mass is 10.2. The molecule has 1 unspecified atom stereocenters. The Hall–Kier alpha value is -2.08. The summed E-state index contributed by atoms with van der Waals surface area (Å²) in [7, 11) is 0. The van der Waals surface area contributed by atoms with Crippen molar-refractivity contribution in [3.8, 4) is 5.69 Å². The van der Waals surface area contributed by atoms with E-state index in [1.807, 2.05) is 35.0 Å². The number of carbonyl (C=O) groups is 2. The molecule has 1 amide bonds. The van der Waals surface area contributed by atoms with Crippen molar-refractivity contribution in [3.63, 3.8) is 0 Å². The summed E-state index contributed by atoms with van der Waals surface area (Å²) in [6.45, 7) is 2.10. The number of amides is 1. The first-order valence-electron chi connectivity index (χ1n) is 6.70. The van der Waals surface area contributed by atoms with Crippen molar-refractivity contribution >= 4 is 28.5 Å². The molecule has 1 fully saturated rings. The number of aromatic nitrogens is 2. The summed E-state index contributed by atoms with van der Waals surface area (Å²) in [5.74, 6) is 0.0568. The summed E-state index contributed by atoms with van der Waals surface area (Å²) >= 11 is 1.25. The number of para-hydroxylation sites is 2. The average Bonchev–Trinajstić information content (AvgIpc) is 3.08. The highest BCUT2D eigenvalue weighted by Gasteiger charge is 2.33. The van der Waals surface area contributed by atoms with Crippen LogP contribution in [-0.2, 0) is 9.59 Å². The van der Waals surface area contributed by atoms with Gasteiger partial charge >= 0.3 is 0 Å². The van der Waals surface area contributed by atoms with E-state index in [0.717, 1.165) is 11.4 Å². The molecule has 5 nitrogen and oxygen atoms in total. The summed E-state index contributed by atoms with van der Waals surface area (Å²) in [4.78, 5) is 29.3. The van der Waals surface area contributed by atoms with Gasteiger partial charge in [-0.05, 0) is 12.1 Å². The quantitative estimate of drug-likeness (QED) is 0.872. The lowest BCUT2D eigenvalue weighted by Gasteiger charge is -2.20. The molecule has 1 aliphatic heterocycles. The van der Waals surface area contributed by atoms with E-state index in [4.69, 9.17) is 0 Å². The molecule has 1 aliphatic rings. The second-order valence-electron chi connectivity index (χ2n) is 4.90. The number of rotatable bonds is 3. The third-order valence-electron chi connectivity index (χ3n) is 3.38. The van der Waals surface area contributed by atoms with E-state index in [-0.39, 0.29) is 16.3 Å². The molecule has 0 radical (unpaired) electrons. The normalized spacial score (nSPS) is 18.2. The molecule has 108 valence electrons. The fraction of sp³-hybridized carbons (Fsp3) is 0.267. The van der Waals surface area contributed by atoms with Gasteiger partial charge in [0.1, 0.15) is 0 Å². The van der Waals surface area contributed by atoms with Crippen LogP contribution in [0.25, 0.3) is 5.69 Å². The Balaban J connectivity index is 1.91. The first-order valence-corrected chi connectivity index (χ1v) is 7.58. The highest BCUT2D eigenvalue weighted by molar-refractivity contribution is 8.14. The van der Waals surface area contributed by atoms with Gasteiger partial charge in [-0.3, -0.25) is 9.59 Å². The summed E-state index contributed by atoms with van der Waals surface area (Å²) < 4.78 is 1.88. The molecule has 0 spiro atoms. The van der Waals surface area contributed by atoms with E-state index in [2.05, 4.69) is 4.98 Å².